The minimum Gasteiger partial charge on any atom is -0.492 e. The molecule has 0 radical (unpaired) electrons. The fourth-order valence-electron chi connectivity index (χ4n) is 1.44. The van der Waals surface area contributed by atoms with Gasteiger partial charge in [0.15, 0.2) is 4.77 Å². The van der Waals surface area contributed by atoms with Gasteiger partial charge in [-0.2, -0.15) is 0 Å². The van der Waals surface area contributed by atoms with Crippen molar-refractivity contribution in [2.24, 2.45) is 0 Å². The van der Waals surface area contributed by atoms with Crippen LogP contribution in [0.15, 0.2) is 36.7 Å². The highest BCUT2D eigenvalue weighted by Gasteiger charge is 2.04. The molecule has 1 heterocycles. The van der Waals surface area contributed by atoms with Gasteiger partial charge in [-0.15, -0.1) is 0 Å². The quantitative estimate of drug-likeness (QED) is 0.806. The number of hydrogen-bond acceptors (Lipinski definition) is 2. The fourth-order valence-corrected chi connectivity index (χ4v) is 1.67. The van der Waals surface area contributed by atoms with Crippen LogP contribution < -0.4 is 4.74 Å². The van der Waals surface area contributed by atoms with Crippen molar-refractivity contribution in [3.8, 4) is 11.4 Å². The van der Waals surface area contributed by atoms with Gasteiger partial charge in [0.25, 0.3) is 0 Å². The van der Waals surface area contributed by atoms with Crippen molar-refractivity contribution < 1.29 is 4.74 Å². The van der Waals surface area contributed by atoms with E-state index in [0.717, 1.165) is 11.4 Å². The number of ether oxygens (including phenoxy) is 1. The summed E-state index contributed by atoms with van der Waals surface area (Å²) in [6.45, 7) is 2.61. The van der Waals surface area contributed by atoms with Gasteiger partial charge in [0.1, 0.15) is 5.75 Å². The summed E-state index contributed by atoms with van der Waals surface area (Å²) in [6.07, 6.45) is 3.70. The first-order valence-electron chi connectivity index (χ1n) is 4.81. The van der Waals surface area contributed by atoms with Crippen molar-refractivity contribution in [1.29, 1.82) is 0 Å². The molecule has 78 valence electrons. The number of benzene rings is 1. The second kappa shape index (κ2) is 4.31. The van der Waals surface area contributed by atoms with E-state index in [1.807, 2.05) is 48.1 Å². The van der Waals surface area contributed by atoms with Crippen LogP contribution in [0.1, 0.15) is 6.92 Å². The van der Waals surface area contributed by atoms with Crippen molar-refractivity contribution in [2.75, 3.05) is 6.61 Å². The Labute approximate surface area is 93.3 Å². The Balaban J connectivity index is 2.52. The maximum Gasteiger partial charge on any atom is 0.181 e. The van der Waals surface area contributed by atoms with Gasteiger partial charge in [0.05, 0.1) is 12.3 Å². The predicted octanol–water partition coefficient (Wildman–Crippen LogP) is 2.93. The van der Waals surface area contributed by atoms with Crippen molar-refractivity contribution >= 4 is 12.2 Å². The molecule has 15 heavy (non-hydrogen) atoms. The molecule has 0 bridgehead atoms. The van der Waals surface area contributed by atoms with Crippen LogP contribution in [0.5, 0.6) is 5.75 Å². The largest absolute Gasteiger partial charge is 0.492 e. The Morgan fingerprint density at radius 1 is 1.40 bits per heavy atom. The van der Waals surface area contributed by atoms with Crippen LogP contribution in [0.25, 0.3) is 5.69 Å². The third-order valence-corrected chi connectivity index (χ3v) is 2.39. The zero-order chi connectivity index (χ0) is 10.7. The van der Waals surface area contributed by atoms with Crippen LogP contribution in [-0.4, -0.2) is 16.2 Å². The van der Waals surface area contributed by atoms with E-state index in [1.54, 1.807) is 0 Å². The molecule has 2 rings (SSSR count). The smallest absolute Gasteiger partial charge is 0.181 e. The maximum atomic E-state index is 5.53. The molecule has 1 aromatic carbocycles. The lowest BCUT2D eigenvalue weighted by molar-refractivity contribution is 0.339. The minimum atomic E-state index is 0.648. The summed E-state index contributed by atoms with van der Waals surface area (Å²) in [4.78, 5) is 2.96. The standard InChI is InChI=1S/C11H12N2OS/c1-2-14-10-6-4-3-5-9(10)13-8-7-12-11(13)15/h3-8H,2H2,1H3,(H,12,15). The lowest BCUT2D eigenvalue weighted by Crippen LogP contribution is -1.99. The molecule has 0 spiro atoms. The Bertz CT molecular complexity index is 501. The third-order valence-electron chi connectivity index (χ3n) is 2.07. The SMILES string of the molecule is CCOc1ccccc1-n1cc[nH]c1=S. The van der Waals surface area contributed by atoms with Crippen LogP contribution in [0, 0.1) is 4.77 Å². The molecule has 0 amide bonds. The number of nitrogens with one attached hydrogen (secondary N) is 1. The van der Waals surface area contributed by atoms with Gasteiger partial charge in [-0.3, -0.25) is 4.57 Å². The molecule has 3 nitrogen and oxygen atoms in total. The lowest BCUT2D eigenvalue weighted by atomic mass is 10.3. The summed E-state index contributed by atoms with van der Waals surface area (Å²) < 4.78 is 8.09. The number of hydrogen-bond donors (Lipinski definition) is 1. The first-order valence-corrected chi connectivity index (χ1v) is 5.22. The number of aromatic amines is 1. The second-order valence-electron chi connectivity index (χ2n) is 3.04. The van der Waals surface area contributed by atoms with E-state index >= 15 is 0 Å². The molecule has 0 aliphatic heterocycles. The zero-order valence-corrected chi connectivity index (χ0v) is 9.25. The van der Waals surface area contributed by atoms with E-state index in [0.29, 0.717) is 11.4 Å². The van der Waals surface area contributed by atoms with Gasteiger partial charge in [-0.25, -0.2) is 0 Å². The summed E-state index contributed by atoms with van der Waals surface area (Å²) in [6, 6.07) is 7.83. The Hall–Kier alpha value is -1.55. The molecule has 0 atom stereocenters. The molecule has 0 saturated heterocycles. The van der Waals surface area contributed by atoms with Gasteiger partial charge in [0.2, 0.25) is 0 Å². The number of rotatable bonds is 3. The summed E-state index contributed by atoms with van der Waals surface area (Å²) >= 11 is 5.16. The van der Waals surface area contributed by atoms with E-state index < -0.39 is 0 Å². The molecular weight excluding hydrogens is 208 g/mol. The van der Waals surface area contributed by atoms with E-state index in [4.69, 9.17) is 17.0 Å². The Morgan fingerprint density at radius 3 is 2.87 bits per heavy atom. The maximum absolute atomic E-state index is 5.53. The van der Waals surface area contributed by atoms with Crippen LogP contribution in [0.4, 0.5) is 0 Å². The van der Waals surface area contributed by atoms with Crippen molar-refractivity contribution in [3.63, 3.8) is 0 Å². The minimum absolute atomic E-state index is 0.648. The van der Waals surface area contributed by atoms with Crippen LogP contribution >= 0.6 is 12.2 Å². The normalized spacial score (nSPS) is 10.2. The molecule has 2 aromatic rings. The molecule has 4 heteroatoms. The first kappa shape index (κ1) is 9.98. The summed E-state index contributed by atoms with van der Waals surface area (Å²) in [5, 5.41) is 0. The molecule has 0 fully saturated rings. The number of nitrogens with zero attached hydrogens (tertiary/aromatic N) is 1. The number of H-pyrrole nitrogens is 1. The highest BCUT2D eigenvalue weighted by atomic mass is 32.1. The van der Waals surface area contributed by atoms with Crippen molar-refractivity contribution in [2.45, 2.75) is 6.92 Å². The molecule has 1 aromatic heterocycles. The molecule has 1 N–H and O–H groups in total. The molecule has 0 unspecified atom stereocenters. The first-order chi connectivity index (χ1) is 7.33. The van der Waals surface area contributed by atoms with Gasteiger partial charge in [-0.1, -0.05) is 12.1 Å². The lowest BCUT2D eigenvalue weighted by Gasteiger charge is -2.09. The van der Waals surface area contributed by atoms with Gasteiger partial charge < -0.3 is 9.72 Å². The number of aromatic nitrogens is 2. The van der Waals surface area contributed by atoms with Crippen molar-refractivity contribution in [1.82, 2.24) is 9.55 Å². The number of imidazole rings is 1. The van der Waals surface area contributed by atoms with Gasteiger partial charge in [-0.05, 0) is 31.3 Å². The van der Waals surface area contributed by atoms with Crippen LogP contribution in [0.3, 0.4) is 0 Å². The van der Waals surface area contributed by atoms with E-state index in [-0.39, 0.29) is 0 Å². The van der Waals surface area contributed by atoms with Gasteiger partial charge >= 0.3 is 0 Å². The zero-order valence-electron chi connectivity index (χ0n) is 8.43. The molecular formula is C11H12N2OS. The fraction of sp³-hybridized carbons (Fsp3) is 0.182. The predicted molar refractivity (Wildman–Crippen MR) is 62.1 cm³/mol. The topological polar surface area (TPSA) is 29.9 Å². The highest BCUT2D eigenvalue weighted by Crippen LogP contribution is 2.22. The van der Waals surface area contributed by atoms with Crippen LogP contribution in [-0.2, 0) is 0 Å². The average Bonchev–Trinajstić information content (AvgIpc) is 2.66. The Kier molecular flexibility index (Phi) is 2.87. The van der Waals surface area contributed by atoms with E-state index in [9.17, 15) is 0 Å². The second-order valence-corrected chi connectivity index (χ2v) is 3.42. The summed E-state index contributed by atoms with van der Waals surface area (Å²) in [5.41, 5.74) is 0.964. The van der Waals surface area contributed by atoms with E-state index in [1.165, 1.54) is 0 Å². The molecule has 0 saturated carbocycles. The Morgan fingerprint density at radius 2 is 2.20 bits per heavy atom. The monoisotopic (exact) mass is 220 g/mol. The summed E-state index contributed by atoms with van der Waals surface area (Å²) in [5.74, 6) is 0.843. The number of para-hydroxylation sites is 2. The third kappa shape index (κ3) is 1.94. The summed E-state index contributed by atoms with van der Waals surface area (Å²) in [7, 11) is 0. The average molecular weight is 220 g/mol. The van der Waals surface area contributed by atoms with Crippen LogP contribution in [0.2, 0.25) is 0 Å². The van der Waals surface area contributed by atoms with Gasteiger partial charge in [0, 0.05) is 12.4 Å². The molecule has 0 aliphatic rings. The van der Waals surface area contributed by atoms with Crippen molar-refractivity contribution in [3.05, 3.63) is 41.4 Å². The highest BCUT2D eigenvalue weighted by molar-refractivity contribution is 7.71. The molecule has 0 aliphatic carbocycles. The van der Waals surface area contributed by atoms with E-state index in [2.05, 4.69) is 4.98 Å².